The van der Waals surface area contributed by atoms with Gasteiger partial charge in [-0.2, -0.15) is 0 Å². The first kappa shape index (κ1) is 11.7. The Bertz CT molecular complexity index is 454. The molecule has 2 aliphatic rings. The lowest BCUT2D eigenvalue weighted by molar-refractivity contribution is -0.137. The second kappa shape index (κ2) is 4.73. The van der Waals surface area contributed by atoms with Crippen LogP contribution in [0.5, 0.6) is 0 Å². The summed E-state index contributed by atoms with van der Waals surface area (Å²) in [5, 5.41) is 3.22. The van der Waals surface area contributed by atoms with Crippen LogP contribution in [0.15, 0.2) is 24.3 Å². The molecule has 0 saturated carbocycles. The molecule has 3 heteroatoms. The summed E-state index contributed by atoms with van der Waals surface area (Å²) >= 11 is 0. The lowest BCUT2D eigenvalue weighted by Crippen LogP contribution is -2.58. The van der Waals surface area contributed by atoms with E-state index in [0.29, 0.717) is 11.9 Å². The molecule has 1 atom stereocenters. The minimum atomic E-state index is 0.186. The van der Waals surface area contributed by atoms with Gasteiger partial charge in [-0.1, -0.05) is 24.3 Å². The summed E-state index contributed by atoms with van der Waals surface area (Å²) in [4.78, 5) is 14.4. The van der Waals surface area contributed by atoms with Gasteiger partial charge in [0.25, 0.3) is 0 Å². The minimum Gasteiger partial charge on any atom is -0.340 e. The monoisotopic (exact) mass is 244 g/mol. The molecule has 18 heavy (non-hydrogen) atoms. The maximum absolute atomic E-state index is 12.4. The number of nitrogens with zero attached hydrogens (tertiary/aromatic N) is 1. The molecule has 1 aromatic carbocycles. The van der Waals surface area contributed by atoms with Gasteiger partial charge < -0.3 is 10.2 Å². The van der Waals surface area contributed by atoms with Crippen LogP contribution in [0.2, 0.25) is 0 Å². The highest BCUT2D eigenvalue weighted by Crippen LogP contribution is 2.27. The van der Waals surface area contributed by atoms with E-state index in [4.69, 9.17) is 0 Å². The molecule has 1 unspecified atom stereocenters. The Balaban J connectivity index is 1.69. The topological polar surface area (TPSA) is 32.3 Å². The average Bonchev–Trinajstić information content (AvgIpc) is 2.35. The van der Waals surface area contributed by atoms with Crippen molar-refractivity contribution in [2.75, 3.05) is 20.1 Å². The number of nitrogens with one attached hydrogen (secondary N) is 1. The number of aryl methyl sites for hydroxylation is 1. The maximum Gasteiger partial charge on any atom is 0.226 e. The first-order valence-corrected chi connectivity index (χ1v) is 6.80. The molecule has 0 bridgehead atoms. The van der Waals surface area contributed by atoms with E-state index >= 15 is 0 Å². The molecule has 1 aliphatic heterocycles. The van der Waals surface area contributed by atoms with E-state index in [1.54, 1.807) is 0 Å². The number of fused-ring (bicyclic) bond motifs is 1. The number of likely N-dealkylation sites (N-methyl/N-ethyl adjacent to an activating group) is 1. The lowest BCUT2D eigenvalue weighted by atomic mass is 9.83. The van der Waals surface area contributed by atoms with E-state index < -0.39 is 0 Å². The Kier molecular flexibility index (Phi) is 3.08. The molecule has 0 radical (unpaired) electrons. The summed E-state index contributed by atoms with van der Waals surface area (Å²) in [6, 6.07) is 8.93. The molecular formula is C15H20N2O. The molecule has 1 N–H and O–H groups in total. The van der Waals surface area contributed by atoms with Gasteiger partial charge >= 0.3 is 0 Å². The molecule has 3 rings (SSSR count). The van der Waals surface area contributed by atoms with Crippen LogP contribution < -0.4 is 5.32 Å². The first-order valence-electron chi connectivity index (χ1n) is 6.80. The van der Waals surface area contributed by atoms with Crippen LogP contribution in [0.1, 0.15) is 17.5 Å². The third-order valence-electron chi connectivity index (χ3n) is 4.35. The predicted molar refractivity (Wildman–Crippen MR) is 71.4 cm³/mol. The highest BCUT2D eigenvalue weighted by molar-refractivity contribution is 5.79. The minimum absolute atomic E-state index is 0.186. The van der Waals surface area contributed by atoms with Gasteiger partial charge in [-0.3, -0.25) is 4.79 Å². The van der Waals surface area contributed by atoms with E-state index in [1.807, 2.05) is 11.9 Å². The molecule has 0 spiro atoms. The molecule has 1 heterocycles. The number of benzene rings is 1. The molecular weight excluding hydrogens is 224 g/mol. The molecule has 1 amide bonds. The fraction of sp³-hybridized carbons (Fsp3) is 0.533. The van der Waals surface area contributed by atoms with Crippen molar-refractivity contribution in [1.29, 1.82) is 0 Å². The van der Waals surface area contributed by atoms with Crippen LogP contribution in [0.4, 0.5) is 0 Å². The van der Waals surface area contributed by atoms with Crippen molar-refractivity contribution in [3.05, 3.63) is 35.4 Å². The van der Waals surface area contributed by atoms with Crippen LogP contribution >= 0.6 is 0 Å². The Hall–Kier alpha value is -1.35. The molecule has 1 aromatic rings. The highest BCUT2D eigenvalue weighted by Gasteiger charge is 2.31. The molecule has 1 aliphatic carbocycles. The number of amides is 1. The van der Waals surface area contributed by atoms with Gasteiger partial charge in [0.2, 0.25) is 5.91 Å². The fourth-order valence-electron chi connectivity index (χ4n) is 2.92. The number of hydrogen-bond acceptors (Lipinski definition) is 2. The summed E-state index contributed by atoms with van der Waals surface area (Å²) in [5.74, 6) is 0.515. The van der Waals surface area contributed by atoms with Crippen molar-refractivity contribution in [2.24, 2.45) is 5.92 Å². The Morgan fingerprint density at radius 3 is 2.67 bits per heavy atom. The third kappa shape index (κ3) is 2.03. The van der Waals surface area contributed by atoms with Gasteiger partial charge in [-0.05, 0) is 30.4 Å². The van der Waals surface area contributed by atoms with Crippen molar-refractivity contribution in [3.8, 4) is 0 Å². The lowest BCUT2D eigenvalue weighted by Gasteiger charge is -2.38. The second-order valence-electron chi connectivity index (χ2n) is 5.47. The summed E-state index contributed by atoms with van der Waals surface area (Å²) in [7, 11) is 1.95. The number of hydrogen-bond donors (Lipinski definition) is 1. The molecule has 96 valence electrons. The summed E-state index contributed by atoms with van der Waals surface area (Å²) in [6.45, 7) is 1.90. The van der Waals surface area contributed by atoms with Crippen LogP contribution in [-0.2, 0) is 17.6 Å². The van der Waals surface area contributed by atoms with Crippen molar-refractivity contribution in [2.45, 2.75) is 25.3 Å². The van der Waals surface area contributed by atoms with Gasteiger partial charge in [0.15, 0.2) is 0 Å². The van der Waals surface area contributed by atoms with Crippen LogP contribution in [-0.4, -0.2) is 37.0 Å². The summed E-state index contributed by atoms with van der Waals surface area (Å²) in [6.07, 6.45) is 2.96. The molecule has 1 fully saturated rings. The third-order valence-corrected chi connectivity index (χ3v) is 4.35. The van der Waals surface area contributed by atoms with E-state index in [2.05, 4.69) is 29.6 Å². The number of carbonyl (C=O) groups is 1. The summed E-state index contributed by atoms with van der Waals surface area (Å²) in [5.41, 5.74) is 2.79. The zero-order valence-electron chi connectivity index (χ0n) is 10.9. The zero-order chi connectivity index (χ0) is 12.5. The first-order chi connectivity index (χ1) is 8.75. The van der Waals surface area contributed by atoms with E-state index in [9.17, 15) is 4.79 Å². The largest absolute Gasteiger partial charge is 0.340 e. The SMILES string of the molecule is CN(C(=O)C1CCc2ccccc2C1)C1CNC1. The molecule has 3 nitrogen and oxygen atoms in total. The standard InChI is InChI=1S/C15H20N2O/c1-17(14-9-16-10-14)15(18)13-7-6-11-4-2-3-5-12(11)8-13/h2-5,13-14,16H,6-10H2,1H3. The maximum atomic E-state index is 12.4. The number of carbonyl (C=O) groups excluding carboxylic acids is 1. The van der Waals surface area contributed by atoms with Crippen molar-refractivity contribution in [3.63, 3.8) is 0 Å². The van der Waals surface area contributed by atoms with Crippen LogP contribution in [0, 0.1) is 5.92 Å². The fourth-order valence-corrected chi connectivity index (χ4v) is 2.92. The van der Waals surface area contributed by atoms with E-state index in [0.717, 1.165) is 32.4 Å². The normalized spacial score (nSPS) is 23.1. The van der Waals surface area contributed by atoms with Gasteiger partial charge in [0.1, 0.15) is 0 Å². The Labute approximate surface area is 108 Å². The Morgan fingerprint density at radius 2 is 2.00 bits per heavy atom. The van der Waals surface area contributed by atoms with Gasteiger partial charge in [-0.25, -0.2) is 0 Å². The smallest absolute Gasteiger partial charge is 0.226 e. The quantitative estimate of drug-likeness (QED) is 0.848. The Morgan fingerprint density at radius 1 is 1.28 bits per heavy atom. The number of rotatable bonds is 2. The second-order valence-corrected chi connectivity index (χ2v) is 5.47. The van der Waals surface area contributed by atoms with E-state index in [1.165, 1.54) is 11.1 Å². The zero-order valence-corrected chi connectivity index (χ0v) is 10.9. The van der Waals surface area contributed by atoms with Crippen molar-refractivity contribution < 1.29 is 4.79 Å². The van der Waals surface area contributed by atoms with Gasteiger partial charge in [0, 0.05) is 26.1 Å². The van der Waals surface area contributed by atoms with Crippen molar-refractivity contribution in [1.82, 2.24) is 10.2 Å². The molecule has 1 saturated heterocycles. The predicted octanol–water partition coefficient (Wildman–Crippen LogP) is 1.22. The van der Waals surface area contributed by atoms with Crippen molar-refractivity contribution >= 4 is 5.91 Å². The highest BCUT2D eigenvalue weighted by atomic mass is 16.2. The van der Waals surface area contributed by atoms with Crippen LogP contribution in [0.3, 0.4) is 0 Å². The average molecular weight is 244 g/mol. The summed E-state index contributed by atoms with van der Waals surface area (Å²) < 4.78 is 0. The van der Waals surface area contributed by atoms with Crippen LogP contribution in [0.25, 0.3) is 0 Å². The van der Waals surface area contributed by atoms with Gasteiger partial charge in [-0.15, -0.1) is 0 Å². The van der Waals surface area contributed by atoms with E-state index in [-0.39, 0.29) is 5.92 Å². The molecule has 0 aromatic heterocycles. The van der Waals surface area contributed by atoms with Gasteiger partial charge in [0.05, 0.1) is 6.04 Å².